The lowest BCUT2D eigenvalue weighted by molar-refractivity contribution is 0.0547. The van der Waals surface area contributed by atoms with Crippen molar-refractivity contribution in [2.24, 2.45) is 0 Å². The summed E-state index contributed by atoms with van der Waals surface area (Å²) in [5.74, 6) is 0. The Bertz CT molecular complexity index is 336. The molecule has 0 spiro atoms. The van der Waals surface area contributed by atoms with E-state index in [1.54, 1.807) is 0 Å². The van der Waals surface area contributed by atoms with Gasteiger partial charge in [-0.15, -0.1) is 11.3 Å². The summed E-state index contributed by atoms with van der Waals surface area (Å²) in [6.07, 6.45) is 2.82. The number of fused-ring (bicyclic) bond motifs is 1. The standard InChI is InChI=1S/C13H20N2S/c1-11-8-14-6-2-4-12(14)9-15(11)10-13-5-3-7-16-13/h3,5,7,11-12H,2,4,6,8-10H2,1H3/t11-,12+/m0/s1. The van der Waals surface area contributed by atoms with E-state index in [-0.39, 0.29) is 0 Å². The molecule has 0 saturated carbocycles. The van der Waals surface area contributed by atoms with E-state index in [0.717, 1.165) is 18.6 Å². The van der Waals surface area contributed by atoms with E-state index in [0.29, 0.717) is 0 Å². The van der Waals surface area contributed by atoms with E-state index in [1.165, 1.54) is 37.4 Å². The Labute approximate surface area is 102 Å². The molecule has 3 heteroatoms. The topological polar surface area (TPSA) is 6.48 Å². The molecule has 16 heavy (non-hydrogen) atoms. The van der Waals surface area contributed by atoms with Crippen molar-refractivity contribution < 1.29 is 0 Å². The van der Waals surface area contributed by atoms with Gasteiger partial charge in [0.15, 0.2) is 0 Å². The first-order valence-electron chi connectivity index (χ1n) is 6.33. The third-order valence-electron chi connectivity index (χ3n) is 4.01. The summed E-state index contributed by atoms with van der Waals surface area (Å²) < 4.78 is 0. The molecule has 0 aromatic carbocycles. The highest BCUT2D eigenvalue weighted by Crippen LogP contribution is 2.26. The molecule has 2 aliphatic rings. The largest absolute Gasteiger partial charge is 0.298 e. The molecule has 2 fully saturated rings. The van der Waals surface area contributed by atoms with Crippen molar-refractivity contribution in [3.63, 3.8) is 0 Å². The van der Waals surface area contributed by atoms with Gasteiger partial charge >= 0.3 is 0 Å². The Kier molecular flexibility index (Phi) is 3.01. The Balaban J connectivity index is 1.66. The zero-order chi connectivity index (χ0) is 11.0. The van der Waals surface area contributed by atoms with Gasteiger partial charge in [0.1, 0.15) is 0 Å². The van der Waals surface area contributed by atoms with Crippen molar-refractivity contribution in [1.29, 1.82) is 0 Å². The Morgan fingerprint density at radius 2 is 2.38 bits per heavy atom. The summed E-state index contributed by atoms with van der Waals surface area (Å²) in [6, 6.07) is 5.99. The smallest absolute Gasteiger partial charge is 0.0331 e. The minimum Gasteiger partial charge on any atom is -0.298 e. The predicted molar refractivity (Wildman–Crippen MR) is 68.8 cm³/mol. The first-order valence-corrected chi connectivity index (χ1v) is 7.21. The van der Waals surface area contributed by atoms with Gasteiger partial charge in [-0.25, -0.2) is 0 Å². The van der Waals surface area contributed by atoms with E-state index >= 15 is 0 Å². The second kappa shape index (κ2) is 4.47. The van der Waals surface area contributed by atoms with Crippen LogP contribution >= 0.6 is 11.3 Å². The number of hydrogen-bond donors (Lipinski definition) is 0. The van der Waals surface area contributed by atoms with Crippen LogP contribution in [0.15, 0.2) is 17.5 Å². The number of hydrogen-bond acceptors (Lipinski definition) is 3. The molecule has 0 bridgehead atoms. The fraction of sp³-hybridized carbons (Fsp3) is 0.692. The van der Waals surface area contributed by atoms with E-state index in [9.17, 15) is 0 Å². The van der Waals surface area contributed by atoms with Crippen LogP contribution < -0.4 is 0 Å². The Morgan fingerprint density at radius 1 is 1.44 bits per heavy atom. The zero-order valence-corrected chi connectivity index (χ0v) is 10.7. The van der Waals surface area contributed by atoms with Crippen molar-refractivity contribution in [1.82, 2.24) is 9.80 Å². The number of piperazine rings is 1. The third kappa shape index (κ3) is 2.04. The predicted octanol–water partition coefficient (Wildman–Crippen LogP) is 2.42. The second-order valence-corrected chi connectivity index (χ2v) is 6.18. The molecular weight excluding hydrogens is 216 g/mol. The summed E-state index contributed by atoms with van der Waals surface area (Å²) >= 11 is 1.89. The van der Waals surface area contributed by atoms with E-state index in [4.69, 9.17) is 0 Å². The Morgan fingerprint density at radius 3 is 3.19 bits per heavy atom. The van der Waals surface area contributed by atoms with Crippen LogP contribution in [0.1, 0.15) is 24.6 Å². The molecule has 0 aliphatic carbocycles. The Hall–Kier alpha value is -0.380. The van der Waals surface area contributed by atoms with Gasteiger partial charge in [-0.05, 0) is 37.8 Å². The normalized spacial score (nSPS) is 31.8. The SMILES string of the molecule is C[C@H]1CN2CCC[C@@H]2CN1Cc1cccs1. The van der Waals surface area contributed by atoms with Crippen LogP contribution in [0.25, 0.3) is 0 Å². The van der Waals surface area contributed by atoms with Gasteiger partial charge in [0.25, 0.3) is 0 Å². The van der Waals surface area contributed by atoms with Crippen LogP contribution in [0.3, 0.4) is 0 Å². The summed E-state index contributed by atoms with van der Waals surface area (Å²) in [6.45, 7) is 7.42. The summed E-state index contributed by atoms with van der Waals surface area (Å²) in [5, 5.41) is 2.19. The summed E-state index contributed by atoms with van der Waals surface area (Å²) in [4.78, 5) is 6.87. The number of rotatable bonds is 2. The molecule has 2 saturated heterocycles. The van der Waals surface area contributed by atoms with Crippen molar-refractivity contribution in [2.75, 3.05) is 19.6 Å². The highest BCUT2D eigenvalue weighted by atomic mass is 32.1. The van der Waals surface area contributed by atoms with Gasteiger partial charge in [0, 0.05) is 36.6 Å². The molecule has 1 aromatic heterocycles. The maximum atomic E-state index is 2.69. The average molecular weight is 236 g/mol. The molecular formula is C13H20N2S. The van der Waals surface area contributed by atoms with Crippen LogP contribution in [-0.2, 0) is 6.54 Å². The van der Waals surface area contributed by atoms with Crippen LogP contribution in [0.4, 0.5) is 0 Å². The summed E-state index contributed by atoms with van der Waals surface area (Å²) in [5.41, 5.74) is 0. The monoisotopic (exact) mass is 236 g/mol. The maximum Gasteiger partial charge on any atom is 0.0331 e. The molecule has 3 rings (SSSR count). The van der Waals surface area contributed by atoms with Gasteiger partial charge in [-0.2, -0.15) is 0 Å². The highest BCUT2D eigenvalue weighted by Gasteiger charge is 2.34. The van der Waals surface area contributed by atoms with Crippen molar-refractivity contribution in [3.8, 4) is 0 Å². The second-order valence-electron chi connectivity index (χ2n) is 5.15. The highest BCUT2D eigenvalue weighted by molar-refractivity contribution is 7.09. The van der Waals surface area contributed by atoms with Gasteiger partial charge in [-0.1, -0.05) is 6.07 Å². The van der Waals surface area contributed by atoms with Gasteiger partial charge < -0.3 is 0 Å². The molecule has 0 N–H and O–H groups in total. The first kappa shape index (κ1) is 10.8. The van der Waals surface area contributed by atoms with Crippen LogP contribution in [0.2, 0.25) is 0 Å². The minimum atomic E-state index is 0.719. The van der Waals surface area contributed by atoms with E-state index in [2.05, 4.69) is 34.2 Å². The molecule has 2 atom stereocenters. The molecule has 1 aromatic rings. The van der Waals surface area contributed by atoms with Crippen LogP contribution in [-0.4, -0.2) is 41.5 Å². The van der Waals surface area contributed by atoms with Crippen molar-refractivity contribution in [3.05, 3.63) is 22.4 Å². The fourth-order valence-electron chi connectivity index (χ4n) is 3.07. The van der Waals surface area contributed by atoms with Gasteiger partial charge in [-0.3, -0.25) is 9.80 Å². The molecule has 0 unspecified atom stereocenters. The average Bonchev–Trinajstić information content (AvgIpc) is 2.89. The molecule has 88 valence electrons. The number of thiophene rings is 1. The lowest BCUT2D eigenvalue weighted by Crippen LogP contribution is -2.54. The molecule has 0 amide bonds. The van der Waals surface area contributed by atoms with Gasteiger partial charge in [0.05, 0.1) is 0 Å². The molecule has 2 nitrogen and oxygen atoms in total. The number of nitrogens with zero attached hydrogens (tertiary/aromatic N) is 2. The fourth-order valence-corrected chi connectivity index (χ4v) is 3.80. The van der Waals surface area contributed by atoms with Crippen LogP contribution in [0.5, 0.6) is 0 Å². The van der Waals surface area contributed by atoms with E-state index in [1.807, 2.05) is 11.3 Å². The lowest BCUT2D eigenvalue weighted by Gasteiger charge is -2.42. The van der Waals surface area contributed by atoms with E-state index < -0.39 is 0 Å². The van der Waals surface area contributed by atoms with Gasteiger partial charge in [0.2, 0.25) is 0 Å². The minimum absolute atomic E-state index is 0.719. The van der Waals surface area contributed by atoms with Crippen LogP contribution in [0, 0.1) is 0 Å². The molecule has 2 aliphatic heterocycles. The molecule has 3 heterocycles. The zero-order valence-electron chi connectivity index (χ0n) is 9.93. The summed E-state index contributed by atoms with van der Waals surface area (Å²) in [7, 11) is 0. The van der Waals surface area contributed by atoms with Crippen molar-refractivity contribution in [2.45, 2.75) is 38.4 Å². The lowest BCUT2D eigenvalue weighted by atomic mass is 10.1. The first-order chi connectivity index (χ1) is 7.83. The third-order valence-corrected chi connectivity index (χ3v) is 4.87. The quantitative estimate of drug-likeness (QED) is 0.778. The maximum absolute atomic E-state index is 2.69. The molecule has 0 radical (unpaired) electrons. The van der Waals surface area contributed by atoms with Crippen molar-refractivity contribution >= 4 is 11.3 Å².